The molecule has 0 bridgehead atoms. The van der Waals surface area contributed by atoms with E-state index in [0.29, 0.717) is 0 Å². The number of rotatable bonds is 1. The Morgan fingerprint density at radius 2 is 1.73 bits per heavy atom. The first-order valence-corrected chi connectivity index (χ1v) is 15.0. The van der Waals surface area contributed by atoms with E-state index in [0.717, 1.165) is 50.5 Å². The number of aromatic nitrogens is 2. The van der Waals surface area contributed by atoms with Gasteiger partial charge in [0.25, 0.3) is 0 Å². The highest BCUT2D eigenvalue weighted by molar-refractivity contribution is 6.04. The van der Waals surface area contributed by atoms with E-state index in [1.165, 1.54) is 0 Å². The topological polar surface area (TPSA) is 92.8 Å². The summed E-state index contributed by atoms with van der Waals surface area (Å²) in [5, 5.41) is 9.92. The minimum atomic E-state index is -0.677. The van der Waals surface area contributed by atoms with Gasteiger partial charge in [0.05, 0.1) is 11.0 Å². The molecule has 5 aliphatic rings. The lowest BCUT2D eigenvalue weighted by Gasteiger charge is -2.69. The van der Waals surface area contributed by atoms with Crippen molar-refractivity contribution in [1.82, 2.24) is 9.55 Å². The molecular formula is C34H43N3O3. The van der Waals surface area contributed by atoms with Crippen LogP contribution in [0.15, 0.2) is 42.0 Å². The minimum Gasteiger partial charge on any atom is -0.295 e. The maximum Gasteiger partial charge on any atom is 0.238 e. The summed E-state index contributed by atoms with van der Waals surface area (Å²) in [5.41, 5.74) is -1.05. The van der Waals surface area contributed by atoms with Crippen LogP contribution >= 0.6 is 0 Å². The second-order valence-corrected chi connectivity index (χ2v) is 15.7. The van der Waals surface area contributed by atoms with E-state index in [-0.39, 0.29) is 57.0 Å². The van der Waals surface area contributed by atoms with Gasteiger partial charge < -0.3 is 0 Å². The Labute approximate surface area is 238 Å². The highest BCUT2D eigenvalue weighted by Gasteiger charge is 2.70. The molecule has 0 radical (unpaired) electrons. The summed E-state index contributed by atoms with van der Waals surface area (Å²) in [6, 6.07) is 2.18. The molecule has 7 atom stereocenters. The maximum atomic E-state index is 14.6. The molecule has 5 aliphatic carbocycles. The lowest BCUT2D eigenvalue weighted by molar-refractivity contribution is -0.164. The molecule has 212 valence electrons. The van der Waals surface area contributed by atoms with Gasteiger partial charge in [-0.25, -0.2) is 4.98 Å². The Hall–Kier alpha value is -2.81. The Kier molecular flexibility index (Phi) is 5.57. The normalized spacial score (nSPS) is 43.2. The van der Waals surface area contributed by atoms with E-state index in [1.54, 1.807) is 23.3 Å². The number of allylic oxidation sites excluding steroid dienone is 4. The van der Waals surface area contributed by atoms with Crippen molar-refractivity contribution in [3.8, 4) is 6.07 Å². The first-order valence-electron chi connectivity index (χ1n) is 15.0. The van der Waals surface area contributed by atoms with Crippen LogP contribution in [0, 0.1) is 61.6 Å². The molecule has 0 aromatic carbocycles. The second-order valence-electron chi connectivity index (χ2n) is 15.7. The fourth-order valence-electron chi connectivity index (χ4n) is 10.6. The molecule has 3 saturated carbocycles. The molecule has 3 fully saturated rings. The van der Waals surface area contributed by atoms with Crippen molar-refractivity contribution in [2.45, 2.75) is 93.4 Å². The molecule has 2 unspecified atom stereocenters. The SMILES string of the molecule is CC1(C)CC[C@]2(C(=O)n3ccnc3)CC[C@]3(C)C(C(=O)C=C4[C@@]5(C)C=C(C#N)C(=O)C(C)(C)[C@@H]5CC[C@]43C)C2C1. The molecule has 6 rings (SSSR count). The zero-order valence-electron chi connectivity index (χ0n) is 25.1. The summed E-state index contributed by atoms with van der Waals surface area (Å²) in [6.07, 6.45) is 14.7. The van der Waals surface area contributed by atoms with Crippen LogP contribution in [0.3, 0.4) is 0 Å². The molecule has 0 saturated heterocycles. The van der Waals surface area contributed by atoms with E-state index < -0.39 is 16.2 Å². The quantitative estimate of drug-likeness (QED) is 0.392. The molecule has 1 aromatic rings. The number of Topliss-reactive ketones (excluding diaryl/α,β-unsaturated/α-hetero) is 1. The van der Waals surface area contributed by atoms with Crippen LogP contribution in [-0.4, -0.2) is 27.0 Å². The van der Waals surface area contributed by atoms with E-state index in [9.17, 15) is 19.6 Å². The summed E-state index contributed by atoms with van der Waals surface area (Å²) in [5.74, 6) is -0.144. The third-order valence-corrected chi connectivity index (χ3v) is 13.0. The highest BCUT2D eigenvalue weighted by atomic mass is 16.2. The van der Waals surface area contributed by atoms with E-state index in [2.05, 4.69) is 45.7 Å². The summed E-state index contributed by atoms with van der Waals surface area (Å²) in [6.45, 7) is 15.3. The summed E-state index contributed by atoms with van der Waals surface area (Å²) >= 11 is 0. The first kappa shape index (κ1) is 27.4. The molecule has 1 heterocycles. The monoisotopic (exact) mass is 541 g/mol. The first-order chi connectivity index (χ1) is 18.6. The van der Waals surface area contributed by atoms with Gasteiger partial charge in [0.1, 0.15) is 12.4 Å². The summed E-state index contributed by atoms with van der Waals surface area (Å²) in [7, 11) is 0. The van der Waals surface area contributed by atoms with Crippen LogP contribution in [0.4, 0.5) is 0 Å². The van der Waals surface area contributed by atoms with Crippen LogP contribution in [-0.2, 0) is 9.59 Å². The number of hydrogen-bond donors (Lipinski definition) is 0. The van der Waals surface area contributed by atoms with Gasteiger partial charge in [-0.2, -0.15) is 5.26 Å². The lowest BCUT2D eigenvalue weighted by atomic mass is 9.34. The van der Waals surface area contributed by atoms with Crippen molar-refractivity contribution in [1.29, 1.82) is 5.26 Å². The molecule has 1 aromatic heterocycles. The third-order valence-electron chi connectivity index (χ3n) is 13.0. The molecule has 40 heavy (non-hydrogen) atoms. The van der Waals surface area contributed by atoms with Gasteiger partial charge in [0.15, 0.2) is 11.6 Å². The smallest absolute Gasteiger partial charge is 0.238 e. The lowest BCUT2D eigenvalue weighted by Crippen LogP contribution is -2.66. The van der Waals surface area contributed by atoms with Crippen LogP contribution in [0.2, 0.25) is 0 Å². The zero-order valence-corrected chi connectivity index (χ0v) is 25.1. The van der Waals surface area contributed by atoms with Gasteiger partial charge >= 0.3 is 0 Å². The van der Waals surface area contributed by atoms with Crippen LogP contribution in [0.1, 0.15) is 98.2 Å². The van der Waals surface area contributed by atoms with E-state index >= 15 is 0 Å². The van der Waals surface area contributed by atoms with Crippen molar-refractivity contribution in [3.05, 3.63) is 42.0 Å². The summed E-state index contributed by atoms with van der Waals surface area (Å²) in [4.78, 5) is 46.2. The number of carbonyl (C=O) groups excluding carboxylic acids is 3. The fraction of sp³-hybridized carbons (Fsp3) is 0.676. The van der Waals surface area contributed by atoms with E-state index in [4.69, 9.17) is 0 Å². The largest absolute Gasteiger partial charge is 0.295 e. The third kappa shape index (κ3) is 3.21. The number of carbonyl (C=O) groups is 3. The number of nitriles is 1. The highest BCUT2D eigenvalue weighted by Crippen LogP contribution is 2.74. The van der Waals surface area contributed by atoms with Gasteiger partial charge in [-0.3, -0.25) is 19.0 Å². The van der Waals surface area contributed by atoms with Gasteiger partial charge in [-0.1, -0.05) is 60.1 Å². The van der Waals surface area contributed by atoms with Gasteiger partial charge in [-0.15, -0.1) is 0 Å². The molecule has 6 nitrogen and oxygen atoms in total. The average molecular weight is 542 g/mol. The predicted molar refractivity (Wildman–Crippen MR) is 152 cm³/mol. The average Bonchev–Trinajstić information content (AvgIpc) is 3.42. The number of nitrogens with zero attached hydrogens (tertiary/aromatic N) is 3. The van der Waals surface area contributed by atoms with Crippen LogP contribution in [0.5, 0.6) is 0 Å². The molecule has 0 amide bonds. The fourth-order valence-corrected chi connectivity index (χ4v) is 10.6. The molecular weight excluding hydrogens is 498 g/mol. The van der Waals surface area contributed by atoms with E-state index in [1.807, 2.05) is 26.0 Å². The van der Waals surface area contributed by atoms with Gasteiger partial charge in [-0.05, 0) is 79.1 Å². The zero-order chi connectivity index (χ0) is 29.1. The van der Waals surface area contributed by atoms with Gasteiger partial charge in [0, 0.05) is 29.1 Å². The number of ketones is 2. The Balaban J connectivity index is 1.53. The summed E-state index contributed by atoms with van der Waals surface area (Å²) < 4.78 is 1.64. The molecule has 0 spiro atoms. The standard InChI is InChI=1S/C34H43N3O3/c1-29(2)10-12-34(28(40)37-15-14-36-20-37)13-11-33(7)26(22(34)18-29)23(38)16-25-31(5)17-21(19-35)27(39)30(3,4)24(31)8-9-32(25,33)6/h14-17,20,22,24,26H,8-13,18H2,1-7H3/t22?,24-,26?,31-,32+,33+,34-/m0/s1. The molecule has 0 N–H and O–H groups in total. The molecule has 6 heteroatoms. The van der Waals surface area contributed by atoms with Crippen molar-refractivity contribution in [2.75, 3.05) is 0 Å². The predicted octanol–water partition coefficient (Wildman–Crippen LogP) is 6.74. The van der Waals surface area contributed by atoms with Crippen molar-refractivity contribution in [3.63, 3.8) is 0 Å². The molecule has 0 aliphatic heterocycles. The maximum absolute atomic E-state index is 14.6. The van der Waals surface area contributed by atoms with Crippen LogP contribution < -0.4 is 0 Å². The minimum absolute atomic E-state index is 0.0241. The van der Waals surface area contributed by atoms with Gasteiger partial charge in [0.2, 0.25) is 5.91 Å². The number of hydrogen-bond acceptors (Lipinski definition) is 5. The van der Waals surface area contributed by atoms with Crippen LogP contribution in [0.25, 0.3) is 0 Å². The van der Waals surface area contributed by atoms with Crippen molar-refractivity contribution in [2.24, 2.45) is 50.2 Å². The number of imidazole rings is 1. The Morgan fingerprint density at radius 1 is 1.02 bits per heavy atom. The van der Waals surface area contributed by atoms with Crippen molar-refractivity contribution < 1.29 is 14.4 Å². The Morgan fingerprint density at radius 3 is 2.38 bits per heavy atom. The second kappa shape index (κ2) is 8.14. The van der Waals surface area contributed by atoms with Crippen molar-refractivity contribution >= 4 is 17.5 Å². The Bertz CT molecular complexity index is 1420. The number of fused-ring (bicyclic) bond motifs is 7.